The third kappa shape index (κ3) is 3.89. The van der Waals surface area contributed by atoms with Crippen molar-refractivity contribution >= 4 is 15.8 Å². The van der Waals surface area contributed by atoms with Gasteiger partial charge in [-0.2, -0.15) is 0 Å². The van der Waals surface area contributed by atoms with Gasteiger partial charge in [0, 0.05) is 39.1 Å². The Kier molecular flexibility index (Phi) is 4.73. The molecular weight excluding hydrogens is 266 g/mol. The van der Waals surface area contributed by atoms with Gasteiger partial charge in [-0.3, -0.25) is 0 Å². The molecule has 1 aliphatic rings. The highest BCUT2D eigenvalue weighted by atomic mass is 32.2. The number of nitrogens with zero attached hydrogens (tertiary/aromatic N) is 1. The first-order chi connectivity index (χ1) is 9.12. The zero-order valence-corrected chi connectivity index (χ0v) is 11.7. The zero-order chi connectivity index (χ0) is 13.7. The topological polar surface area (TPSA) is 80.3 Å². The standard InChI is InChI=1S/C12H19N3O3S/c1-13-12-8-11(3-5-14-12)19(16,17)15-6-2-10-4-7-18-9-10/h3,5,8,10,15H,2,4,6-7,9H2,1H3,(H,13,14). The molecule has 1 aromatic heterocycles. The molecule has 0 amide bonds. The van der Waals surface area contributed by atoms with Crippen molar-refractivity contribution < 1.29 is 13.2 Å². The molecule has 2 rings (SSSR count). The Balaban J connectivity index is 1.93. The number of ether oxygens (including phenoxy) is 1. The minimum Gasteiger partial charge on any atom is -0.381 e. The van der Waals surface area contributed by atoms with E-state index < -0.39 is 10.0 Å². The van der Waals surface area contributed by atoms with Crippen LogP contribution in [0.1, 0.15) is 12.8 Å². The van der Waals surface area contributed by atoms with E-state index in [0.29, 0.717) is 18.3 Å². The molecule has 0 spiro atoms. The van der Waals surface area contributed by atoms with E-state index in [0.717, 1.165) is 26.1 Å². The van der Waals surface area contributed by atoms with Gasteiger partial charge in [-0.05, 0) is 24.8 Å². The first-order valence-corrected chi connectivity index (χ1v) is 7.81. The highest BCUT2D eigenvalue weighted by Crippen LogP contribution is 2.16. The minimum atomic E-state index is -3.46. The fourth-order valence-electron chi connectivity index (χ4n) is 2.01. The van der Waals surface area contributed by atoms with E-state index in [9.17, 15) is 8.42 Å². The van der Waals surface area contributed by atoms with Crippen molar-refractivity contribution in [3.63, 3.8) is 0 Å². The maximum atomic E-state index is 12.1. The van der Waals surface area contributed by atoms with Crippen molar-refractivity contribution in [2.45, 2.75) is 17.7 Å². The lowest BCUT2D eigenvalue weighted by Crippen LogP contribution is -2.26. The highest BCUT2D eigenvalue weighted by molar-refractivity contribution is 7.89. The van der Waals surface area contributed by atoms with Crippen LogP contribution < -0.4 is 10.0 Å². The molecule has 0 bridgehead atoms. The first kappa shape index (κ1) is 14.2. The van der Waals surface area contributed by atoms with E-state index in [2.05, 4.69) is 15.0 Å². The predicted octanol–water partition coefficient (Wildman–Crippen LogP) is 0.828. The fourth-order valence-corrected chi connectivity index (χ4v) is 3.07. The number of hydrogen-bond acceptors (Lipinski definition) is 5. The molecule has 1 fully saturated rings. The van der Waals surface area contributed by atoms with Crippen molar-refractivity contribution in [2.24, 2.45) is 5.92 Å². The lowest BCUT2D eigenvalue weighted by molar-refractivity contribution is 0.184. The second-order valence-corrected chi connectivity index (χ2v) is 6.31. The number of nitrogens with one attached hydrogen (secondary N) is 2. The molecular formula is C12H19N3O3S. The molecule has 1 atom stereocenters. The number of pyridine rings is 1. The number of sulfonamides is 1. The summed E-state index contributed by atoms with van der Waals surface area (Å²) in [5.41, 5.74) is 0. The molecule has 7 heteroatoms. The molecule has 0 aromatic carbocycles. The van der Waals surface area contributed by atoms with Crippen LogP contribution in [0, 0.1) is 5.92 Å². The van der Waals surface area contributed by atoms with E-state index >= 15 is 0 Å². The third-order valence-electron chi connectivity index (χ3n) is 3.17. The van der Waals surface area contributed by atoms with Gasteiger partial charge >= 0.3 is 0 Å². The molecule has 19 heavy (non-hydrogen) atoms. The average molecular weight is 285 g/mol. The van der Waals surface area contributed by atoms with Gasteiger partial charge in [0.25, 0.3) is 0 Å². The Hall–Kier alpha value is -1.18. The molecule has 0 radical (unpaired) electrons. The van der Waals surface area contributed by atoms with Gasteiger partial charge in [0.2, 0.25) is 10.0 Å². The van der Waals surface area contributed by atoms with Crippen LogP contribution >= 0.6 is 0 Å². The Morgan fingerprint density at radius 3 is 3.05 bits per heavy atom. The second-order valence-electron chi connectivity index (χ2n) is 4.54. The number of hydrogen-bond donors (Lipinski definition) is 2. The van der Waals surface area contributed by atoms with Gasteiger partial charge in [0.1, 0.15) is 5.82 Å². The van der Waals surface area contributed by atoms with Crippen LogP contribution in [0.5, 0.6) is 0 Å². The van der Waals surface area contributed by atoms with E-state index in [1.807, 2.05) is 0 Å². The summed E-state index contributed by atoms with van der Waals surface area (Å²) in [7, 11) is -1.75. The van der Waals surface area contributed by atoms with Gasteiger partial charge in [-0.25, -0.2) is 18.1 Å². The Labute approximate surface area is 113 Å². The SMILES string of the molecule is CNc1cc(S(=O)(=O)NCCC2CCOC2)ccn1. The van der Waals surface area contributed by atoms with E-state index in [4.69, 9.17) is 4.74 Å². The van der Waals surface area contributed by atoms with Gasteiger partial charge < -0.3 is 10.1 Å². The number of aromatic nitrogens is 1. The Bertz CT molecular complexity index is 513. The molecule has 6 nitrogen and oxygen atoms in total. The molecule has 1 saturated heterocycles. The molecule has 0 saturated carbocycles. The molecule has 2 N–H and O–H groups in total. The van der Waals surface area contributed by atoms with Crippen LogP contribution in [0.4, 0.5) is 5.82 Å². The van der Waals surface area contributed by atoms with Gasteiger partial charge in [0.15, 0.2) is 0 Å². The number of anilines is 1. The predicted molar refractivity (Wildman–Crippen MR) is 72.5 cm³/mol. The van der Waals surface area contributed by atoms with Gasteiger partial charge in [0.05, 0.1) is 4.90 Å². The third-order valence-corrected chi connectivity index (χ3v) is 4.63. The lowest BCUT2D eigenvalue weighted by atomic mass is 10.1. The Morgan fingerprint density at radius 1 is 1.53 bits per heavy atom. The molecule has 1 aliphatic heterocycles. The normalized spacial score (nSPS) is 19.5. The quantitative estimate of drug-likeness (QED) is 0.809. The minimum absolute atomic E-state index is 0.231. The van der Waals surface area contributed by atoms with E-state index in [1.54, 1.807) is 7.05 Å². The molecule has 2 heterocycles. The summed E-state index contributed by atoms with van der Waals surface area (Å²) >= 11 is 0. The van der Waals surface area contributed by atoms with Crippen molar-refractivity contribution in [1.82, 2.24) is 9.71 Å². The molecule has 106 valence electrons. The van der Waals surface area contributed by atoms with E-state index in [1.165, 1.54) is 18.3 Å². The summed E-state index contributed by atoms with van der Waals surface area (Å²) in [5, 5.41) is 2.82. The first-order valence-electron chi connectivity index (χ1n) is 6.33. The molecule has 1 aromatic rings. The molecule has 1 unspecified atom stereocenters. The second kappa shape index (κ2) is 6.31. The van der Waals surface area contributed by atoms with Crippen LogP contribution in [0.2, 0.25) is 0 Å². The van der Waals surface area contributed by atoms with Gasteiger partial charge in [-0.15, -0.1) is 0 Å². The largest absolute Gasteiger partial charge is 0.381 e. The summed E-state index contributed by atoms with van der Waals surface area (Å²) < 4.78 is 32.0. The van der Waals surface area contributed by atoms with Crippen molar-refractivity contribution in [3.8, 4) is 0 Å². The average Bonchev–Trinajstić information content (AvgIpc) is 2.92. The van der Waals surface area contributed by atoms with Crippen LogP contribution in [0.25, 0.3) is 0 Å². The van der Waals surface area contributed by atoms with Crippen LogP contribution in [0.15, 0.2) is 23.2 Å². The summed E-state index contributed by atoms with van der Waals surface area (Å²) in [6.45, 7) is 1.96. The maximum Gasteiger partial charge on any atom is 0.240 e. The van der Waals surface area contributed by atoms with Crippen molar-refractivity contribution in [3.05, 3.63) is 18.3 Å². The lowest BCUT2D eigenvalue weighted by Gasteiger charge is -2.10. The van der Waals surface area contributed by atoms with Crippen LogP contribution in [-0.2, 0) is 14.8 Å². The van der Waals surface area contributed by atoms with Crippen LogP contribution in [0.3, 0.4) is 0 Å². The fraction of sp³-hybridized carbons (Fsp3) is 0.583. The smallest absolute Gasteiger partial charge is 0.240 e. The molecule has 0 aliphatic carbocycles. The van der Waals surface area contributed by atoms with Gasteiger partial charge in [-0.1, -0.05) is 0 Å². The monoisotopic (exact) mass is 285 g/mol. The maximum absolute atomic E-state index is 12.1. The zero-order valence-electron chi connectivity index (χ0n) is 10.9. The summed E-state index contributed by atoms with van der Waals surface area (Å²) in [6, 6.07) is 3.00. The van der Waals surface area contributed by atoms with Crippen molar-refractivity contribution in [2.75, 3.05) is 32.1 Å². The number of rotatable bonds is 6. The highest BCUT2D eigenvalue weighted by Gasteiger charge is 2.18. The summed E-state index contributed by atoms with van der Waals surface area (Å²) in [4.78, 5) is 4.23. The summed E-state index contributed by atoms with van der Waals surface area (Å²) in [6.07, 6.45) is 3.30. The van der Waals surface area contributed by atoms with E-state index in [-0.39, 0.29) is 4.90 Å². The van der Waals surface area contributed by atoms with Crippen LogP contribution in [-0.4, -0.2) is 40.2 Å². The van der Waals surface area contributed by atoms with Crippen molar-refractivity contribution in [1.29, 1.82) is 0 Å². The summed E-state index contributed by atoms with van der Waals surface area (Å²) in [5.74, 6) is 1.00. The Morgan fingerprint density at radius 2 is 2.37 bits per heavy atom.